The average molecular weight is 383 g/mol. The van der Waals surface area contributed by atoms with Gasteiger partial charge in [0, 0.05) is 11.0 Å². The SMILES string of the molecule is C[C@@]12CCC3C(CCC4CCCC[C@]43C)C1C/C(=C\c1ccccc1F)C2O. The number of halogens is 1. The molecule has 0 heterocycles. The van der Waals surface area contributed by atoms with Gasteiger partial charge in [0.1, 0.15) is 5.82 Å². The fourth-order valence-corrected chi connectivity index (χ4v) is 8.09. The van der Waals surface area contributed by atoms with Gasteiger partial charge in [0.15, 0.2) is 0 Å². The zero-order valence-corrected chi connectivity index (χ0v) is 17.5. The van der Waals surface area contributed by atoms with E-state index in [1.54, 1.807) is 6.07 Å². The summed E-state index contributed by atoms with van der Waals surface area (Å²) >= 11 is 0. The van der Waals surface area contributed by atoms with Crippen molar-refractivity contribution in [2.24, 2.45) is 34.5 Å². The smallest absolute Gasteiger partial charge is 0.130 e. The van der Waals surface area contributed by atoms with E-state index in [1.807, 2.05) is 18.2 Å². The second kappa shape index (κ2) is 6.69. The van der Waals surface area contributed by atoms with Gasteiger partial charge in [-0.2, -0.15) is 0 Å². The highest BCUT2D eigenvalue weighted by Gasteiger charge is 2.60. The predicted octanol–water partition coefficient (Wildman–Crippen LogP) is 6.61. The van der Waals surface area contributed by atoms with E-state index in [2.05, 4.69) is 13.8 Å². The van der Waals surface area contributed by atoms with Crippen LogP contribution < -0.4 is 0 Å². The highest BCUT2D eigenvalue weighted by molar-refractivity contribution is 5.56. The summed E-state index contributed by atoms with van der Waals surface area (Å²) in [6, 6.07) is 6.96. The fourth-order valence-electron chi connectivity index (χ4n) is 8.09. The predicted molar refractivity (Wildman–Crippen MR) is 112 cm³/mol. The van der Waals surface area contributed by atoms with Crippen LogP contribution in [0.25, 0.3) is 6.08 Å². The summed E-state index contributed by atoms with van der Waals surface area (Å²) in [6.45, 7) is 4.91. The summed E-state index contributed by atoms with van der Waals surface area (Å²) in [5.74, 6) is 2.85. The number of aliphatic hydroxyl groups is 1. The van der Waals surface area contributed by atoms with E-state index in [9.17, 15) is 9.50 Å². The van der Waals surface area contributed by atoms with Gasteiger partial charge in [-0.05, 0) is 85.7 Å². The van der Waals surface area contributed by atoms with Crippen LogP contribution in [0.3, 0.4) is 0 Å². The van der Waals surface area contributed by atoms with Crippen molar-refractivity contribution in [3.8, 4) is 0 Å². The van der Waals surface area contributed by atoms with Gasteiger partial charge in [-0.3, -0.25) is 0 Å². The fraction of sp³-hybridized carbons (Fsp3) is 0.692. The van der Waals surface area contributed by atoms with E-state index in [4.69, 9.17) is 0 Å². The molecule has 1 nitrogen and oxygen atoms in total. The van der Waals surface area contributed by atoms with Crippen molar-refractivity contribution >= 4 is 6.08 Å². The largest absolute Gasteiger partial charge is 0.388 e. The van der Waals surface area contributed by atoms with E-state index in [1.165, 1.54) is 51.0 Å². The number of benzene rings is 1. The van der Waals surface area contributed by atoms with Crippen LogP contribution in [0.1, 0.15) is 77.2 Å². The van der Waals surface area contributed by atoms with E-state index in [0.717, 1.165) is 36.2 Å². The van der Waals surface area contributed by atoms with Gasteiger partial charge in [-0.15, -0.1) is 0 Å². The van der Waals surface area contributed by atoms with Gasteiger partial charge < -0.3 is 5.11 Å². The lowest BCUT2D eigenvalue weighted by Gasteiger charge is -2.60. The van der Waals surface area contributed by atoms with Crippen LogP contribution in [-0.2, 0) is 0 Å². The molecular formula is C26H35FO. The molecule has 0 amide bonds. The lowest BCUT2D eigenvalue weighted by molar-refractivity contribution is -0.119. The molecule has 152 valence electrons. The van der Waals surface area contributed by atoms with Crippen LogP contribution >= 0.6 is 0 Å². The Balaban J connectivity index is 1.47. The Morgan fingerprint density at radius 3 is 2.61 bits per heavy atom. The molecule has 0 saturated heterocycles. The van der Waals surface area contributed by atoms with Gasteiger partial charge in [-0.25, -0.2) is 4.39 Å². The Morgan fingerprint density at radius 1 is 0.964 bits per heavy atom. The standard InChI is InChI=1S/C26H35FO/c1-25-13-6-5-8-19(25)10-11-20-21(25)12-14-26(2)22(20)16-18(24(26)28)15-17-7-3-4-9-23(17)27/h3-4,7,9,15,19-22,24,28H,5-6,8,10-14,16H2,1-2H3/b18-15+/t19?,20?,21?,22?,24?,25-,26-/m1/s1. The Bertz CT molecular complexity index is 784. The quantitative estimate of drug-likeness (QED) is 0.579. The molecule has 0 aliphatic heterocycles. The minimum absolute atomic E-state index is 0.0316. The van der Waals surface area contributed by atoms with Crippen LogP contribution in [0, 0.1) is 40.3 Å². The van der Waals surface area contributed by atoms with Gasteiger partial charge in [0.25, 0.3) is 0 Å². The zero-order chi connectivity index (χ0) is 19.5. The third-order valence-corrected chi connectivity index (χ3v) is 9.70. The van der Waals surface area contributed by atoms with E-state index >= 15 is 0 Å². The monoisotopic (exact) mass is 382 g/mol. The average Bonchev–Trinajstić information content (AvgIpc) is 2.94. The van der Waals surface area contributed by atoms with Gasteiger partial charge in [-0.1, -0.05) is 51.0 Å². The molecule has 5 rings (SSSR count). The normalized spacial score (nSPS) is 46.7. The Hall–Kier alpha value is -1.15. The van der Waals surface area contributed by atoms with Gasteiger partial charge in [0.05, 0.1) is 6.10 Å². The molecule has 4 saturated carbocycles. The molecule has 0 radical (unpaired) electrons. The molecule has 4 aliphatic carbocycles. The Kier molecular flexibility index (Phi) is 4.50. The molecule has 0 aromatic heterocycles. The molecule has 5 unspecified atom stereocenters. The second-order valence-electron chi connectivity index (χ2n) is 10.8. The molecule has 0 spiro atoms. The van der Waals surface area contributed by atoms with Crippen molar-refractivity contribution in [2.45, 2.75) is 77.7 Å². The van der Waals surface area contributed by atoms with Crippen LogP contribution in [-0.4, -0.2) is 11.2 Å². The molecule has 7 atom stereocenters. The maximum absolute atomic E-state index is 14.2. The first-order valence-corrected chi connectivity index (χ1v) is 11.6. The Labute approximate surface area is 169 Å². The highest BCUT2D eigenvalue weighted by Crippen LogP contribution is 2.67. The molecule has 4 aliphatic rings. The first-order chi connectivity index (χ1) is 13.4. The van der Waals surface area contributed by atoms with Gasteiger partial charge >= 0.3 is 0 Å². The van der Waals surface area contributed by atoms with Crippen molar-refractivity contribution in [1.29, 1.82) is 0 Å². The Morgan fingerprint density at radius 2 is 1.79 bits per heavy atom. The maximum atomic E-state index is 14.2. The lowest BCUT2D eigenvalue weighted by atomic mass is 9.45. The van der Waals surface area contributed by atoms with Crippen LogP contribution in [0.2, 0.25) is 0 Å². The van der Waals surface area contributed by atoms with E-state index < -0.39 is 6.10 Å². The summed E-state index contributed by atoms with van der Waals surface area (Å²) in [5.41, 5.74) is 2.18. The minimum Gasteiger partial charge on any atom is -0.388 e. The first kappa shape index (κ1) is 18.9. The van der Waals surface area contributed by atoms with E-state index in [-0.39, 0.29) is 11.2 Å². The summed E-state index contributed by atoms with van der Waals surface area (Å²) in [5, 5.41) is 11.3. The van der Waals surface area contributed by atoms with Crippen molar-refractivity contribution in [3.05, 3.63) is 41.2 Å². The molecular weight excluding hydrogens is 347 g/mol. The highest BCUT2D eigenvalue weighted by atomic mass is 19.1. The summed E-state index contributed by atoms with van der Waals surface area (Å²) in [7, 11) is 0. The summed E-state index contributed by atoms with van der Waals surface area (Å²) in [4.78, 5) is 0. The van der Waals surface area contributed by atoms with Gasteiger partial charge in [0.2, 0.25) is 0 Å². The number of hydrogen-bond donors (Lipinski definition) is 1. The maximum Gasteiger partial charge on any atom is 0.130 e. The molecule has 2 heteroatoms. The zero-order valence-electron chi connectivity index (χ0n) is 17.5. The lowest BCUT2D eigenvalue weighted by Crippen LogP contribution is -2.53. The molecule has 0 bridgehead atoms. The molecule has 1 aromatic carbocycles. The molecule has 1 N–H and O–H groups in total. The number of fused-ring (bicyclic) bond motifs is 5. The minimum atomic E-state index is -0.421. The van der Waals surface area contributed by atoms with Crippen LogP contribution in [0.5, 0.6) is 0 Å². The number of aliphatic hydroxyl groups excluding tert-OH is 1. The molecule has 4 fully saturated rings. The first-order valence-electron chi connectivity index (χ1n) is 11.6. The second-order valence-corrected chi connectivity index (χ2v) is 10.8. The summed E-state index contributed by atoms with van der Waals surface area (Å²) < 4.78 is 14.2. The molecule has 1 aromatic rings. The number of rotatable bonds is 1. The van der Waals surface area contributed by atoms with Crippen LogP contribution in [0.15, 0.2) is 29.8 Å². The van der Waals surface area contributed by atoms with E-state index in [0.29, 0.717) is 16.9 Å². The third-order valence-electron chi connectivity index (χ3n) is 9.70. The van der Waals surface area contributed by atoms with Crippen molar-refractivity contribution in [3.63, 3.8) is 0 Å². The number of hydrogen-bond acceptors (Lipinski definition) is 1. The van der Waals surface area contributed by atoms with Crippen LogP contribution in [0.4, 0.5) is 4.39 Å². The third kappa shape index (κ3) is 2.66. The topological polar surface area (TPSA) is 20.2 Å². The molecule has 28 heavy (non-hydrogen) atoms. The summed E-state index contributed by atoms with van der Waals surface area (Å²) in [6.07, 6.45) is 13.3. The van der Waals surface area contributed by atoms with Crippen molar-refractivity contribution in [2.75, 3.05) is 0 Å². The van der Waals surface area contributed by atoms with Crippen molar-refractivity contribution < 1.29 is 9.50 Å². The van der Waals surface area contributed by atoms with Crippen molar-refractivity contribution in [1.82, 2.24) is 0 Å².